The predicted octanol–water partition coefficient (Wildman–Crippen LogP) is 5.33. The van der Waals surface area contributed by atoms with Crippen molar-refractivity contribution in [1.82, 2.24) is 10.2 Å². The summed E-state index contributed by atoms with van der Waals surface area (Å²) < 4.78 is 32.8. The zero-order valence-corrected chi connectivity index (χ0v) is 26.0. The molecule has 1 atom stereocenters. The molecule has 1 N–H and O–H groups in total. The first-order valence-electron chi connectivity index (χ1n) is 15.1. The van der Waals surface area contributed by atoms with E-state index in [9.17, 15) is 18.0 Å². The number of sulfonamides is 1. The van der Waals surface area contributed by atoms with Crippen LogP contribution in [0, 0.1) is 0 Å². The van der Waals surface area contributed by atoms with Crippen molar-refractivity contribution in [2.24, 2.45) is 0 Å². The molecule has 3 aromatic rings. The molecule has 0 heterocycles. The van der Waals surface area contributed by atoms with Gasteiger partial charge in [-0.25, -0.2) is 8.42 Å². The summed E-state index contributed by atoms with van der Waals surface area (Å²) in [4.78, 5) is 29.0. The molecule has 9 heteroatoms. The highest BCUT2D eigenvalue weighted by Crippen LogP contribution is 2.24. The molecule has 0 aromatic heterocycles. The molecule has 230 valence electrons. The van der Waals surface area contributed by atoms with E-state index in [1.165, 1.54) is 6.42 Å². The molecule has 3 aromatic carbocycles. The van der Waals surface area contributed by atoms with E-state index < -0.39 is 28.5 Å². The molecule has 0 spiro atoms. The number of benzene rings is 3. The van der Waals surface area contributed by atoms with E-state index in [0.717, 1.165) is 47.4 Å². The number of hydrogen-bond acceptors (Lipinski definition) is 5. The average molecular weight is 606 g/mol. The summed E-state index contributed by atoms with van der Waals surface area (Å²) in [5.74, 6) is -0.0136. The van der Waals surface area contributed by atoms with E-state index in [1.807, 2.05) is 67.6 Å². The monoisotopic (exact) mass is 605 g/mol. The third-order valence-corrected chi connectivity index (χ3v) is 9.01. The van der Waals surface area contributed by atoms with Gasteiger partial charge in [0.15, 0.2) is 0 Å². The molecular weight excluding hydrogens is 562 g/mol. The summed E-state index contributed by atoms with van der Waals surface area (Å²) >= 11 is 0. The lowest BCUT2D eigenvalue weighted by atomic mass is 9.95. The fourth-order valence-electron chi connectivity index (χ4n) is 5.50. The number of nitrogens with zero attached hydrogens (tertiary/aromatic N) is 2. The second-order valence-corrected chi connectivity index (χ2v) is 13.0. The van der Waals surface area contributed by atoms with Crippen molar-refractivity contribution in [2.45, 2.75) is 70.6 Å². The highest BCUT2D eigenvalue weighted by atomic mass is 32.2. The molecule has 43 heavy (non-hydrogen) atoms. The van der Waals surface area contributed by atoms with E-state index >= 15 is 0 Å². The van der Waals surface area contributed by atoms with Gasteiger partial charge in [-0.1, -0.05) is 86.8 Å². The number of anilines is 1. The van der Waals surface area contributed by atoms with Crippen molar-refractivity contribution in [1.29, 1.82) is 0 Å². The molecule has 1 aliphatic rings. The van der Waals surface area contributed by atoms with Crippen LogP contribution in [0.15, 0.2) is 84.9 Å². The van der Waals surface area contributed by atoms with Crippen LogP contribution < -0.4 is 14.4 Å². The number of carbonyl (C=O) groups is 2. The third-order valence-electron chi connectivity index (χ3n) is 7.87. The van der Waals surface area contributed by atoms with Gasteiger partial charge in [-0.3, -0.25) is 13.9 Å². The lowest BCUT2D eigenvalue weighted by Crippen LogP contribution is -2.54. The normalized spacial score (nSPS) is 14.5. The lowest BCUT2D eigenvalue weighted by Gasteiger charge is -2.34. The van der Waals surface area contributed by atoms with Gasteiger partial charge in [0, 0.05) is 12.6 Å². The van der Waals surface area contributed by atoms with Gasteiger partial charge in [0.1, 0.15) is 24.9 Å². The Morgan fingerprint density at radius 1 is 0.884 bits per heavy atom. The van der Waals surface area contributed by atoms with E-state index in [-0.39, 0.29) is 11.9 Å². The zero-order valence-electron chi connectivity index (χ0n) is 25.2. The fraction of sp³-hybridized carbons (Fsp3) is 0.412. The second kappa shape index (κ2) is 15.6. The van der Waals surface area contributed by atoms with Gasteiger partial charge in [0.05, 0.1) is 11.9 Å². The summed E-state index contributed by atoms with van der Waals surface area (Å²) in [7, 11) is -3.81. The lowest BCUT2D eigenvalue weighted by molar-refractivity contribution is -0.140. The smallest absolute Gasteiger partial charge is 0.244 e. The van der Waals surface area contributed by atoms with Gasteiger partial charge in [-0.15, -0.1) is 0 Å². The first-order chi connectivity index (χ1) is 20.7. The number of amides is 2. The van der Waals surface area contributed by atoms with Crippen LogP contribution in [0.3, 0.4) is 0 Å². The molecular formula is C34H43N3O5S. The highest BCUT2D eigenvalue weighted by molar-refractivity contribution is 7.92. The minimum Gasteiger partial charge on any atom is -0.489 e. The van der Waals surface area contributed by atoms with Gasteiger partial charge in [0.2, 0.25) is 21.8 Å². The summed E-state index contributed by atoms with van der Waals surface area (Å²) in [6.07, 6.45) is 7.27. The number of carbonyl (C=O) groups excluding carboxylic acids is 2. The number of nitrogens with one attached hydrogen (secondary N) is 1. The molecule has 1 aliphatic carbocycles. The first-order valence-corrected chi connectivity index (χ1v) is 17.0. The Morgan fingerprint density at radius 2 is 1.49 bits per heavy atom. The Bertz CT molecular complexity index is 1410. The minimum absolute atomic E-state index is 0.108. The minimum atomic E-state index is -3.81. The van der Waals surface area contributed by atoms with E-state index in [4.69, 9.17) is 4.74 Å². The Balaban J connectivity index is 1.51. The van der Waals surface area contributed by atoms with Crippen LogP contribution in [-0.2, 0) is 32.6 Å². The second-order valence-electron chi connectivity index (χ2n) is 11.1. The van der Waals surface area contributed by atoms with Crippen molar-refractivity contribution in [3.63, 3.8) is 0 Å². The first kappa shape index (κ1) is 32.1. The van der Waals surface area contributed by atoms with Crippen LogP contribution in [-0.4, -0.2) is 56.6 Å². The molecule has 1 fully saturated rings. The quantitative estimate of drug-likeness (QED) is 0.268. The van der Waals surface area contributed by atoms with Gasteiger partial charge >= 0.3 is 0 Å². The van der Waals surface area contributed by atoms with Crippen LogP contribution in [0.2, 0.25) is 0 Å². The molecule has 8 nitrogen and oxygen atoms in total. The van der Waals surface area contributed by atoms with Crippen molar-refractivity contribution in [3.8, 4) is 5.75 Å². The molecule has 0 aliphatic heterocycles. The van der Waals surface area contributed by atoms with E-state index in [1.54, 1.807) is 29.2 Å². The van der Waals surface area contributed by atoms with Crippen molar-refractivity contribution in [2.75, 3.05) is 23.7 Å². The van der Waals surface area contributed by atoms with Crippen LogP contribution in [0.25, 0.3) is 0 Å². The standard InChI is InChI=1S/C34H43N3O5S/c1-3-32(34(39)35-29-17-11-6-12-18-29)36(24-23-27-13-7-4-8-14-27)33(38)25-37(43(2,40)41)30-19-21-31(22-20-30)42-26-28-15-9-5-10-16-28/h4-5,7-10,13-16,19-22,29,32H,3,6,11-12,17-18,23-26H2,1-2H3,(H,35,39). The molecule has 4 rings (SSSR count). The highest BCUT2D eigenvalue weighted by Gasteiger charge is 2.32. The SMILES string of the molecule is CCC(C(=O)NC1CCCCC1)N(CCc1ccccc1)C(=O)CN(c1ccc(OCc2ccccc2)cc1)S(C)(=O)=O. The number of ether oxygens (including phenoxy) is 1. The Kier molecular flexibility index (Phi) is 11.6. The summed E-state index contributed by atoms with van der Waals surface area (Å²) in [5.41, 5.74) is 2.41. The molecule has 1 saturated carbocycles. The van der Waals surface area contributed by atoms with Crippen LogP contribution in [0.5, 0.6) is 5.75 Å². The Morgan fingerprint density at radius 3 is 2.07 bits per heavy atom. The third kappa shape index (κ3) is 9.58. The fourth-order valence-corrected chi connectivity index (χ4v) is 6.35. The topological polar surface area (TPSA) is 96.0 Å². The molecule has 0 bridgehead atoms. The van der Waals surface area contributed by atoms with Crippen molar-refractivity contribution < 1.29 is 22.7 Å². The molecule has 0 saturated heterocycles. The van der Waals surface area contributed by atoms with Gasteiger partial charge < -0.3 is 15.0 Å². The number of hydrogen-bond donors (Lipinski definition) is 1. The van der Waals surface area contributed by atoms with E-state index in [0.29, 0.717) is 37.4 Å². The molecule has 1 unspecified atom stereocenters. The van der Waals surface area contributed by atoms with Gasteiger partial charge in [-0.05, 0) is 61.1 Å². The summed E-state index contributed by atoms with van der Waals surface area (Å²) in [5, 5.41) is 3.17. The van der Waals surface area contributed by atoms with Crippen LogP contribution >= 0.6 is 0 Å². The maximum absolute atomic E-state index is 13.9. The summed E-state index contributed by atoms with van der Waals surface area (Å²) in [6.45, 7) is 2.15. The van der Waals surface area contributed by atoms with Crippen molar-refractivity contribution in [3.05, 3.63) is 96.1 Å². The average Bonchev–Trinajstić information content (AvgIpc) is 3.02. The van der Waals surface area contributed by atoms with Crippen LogP contribution in [0.1, 0.15) is 56.6 Å². The van der Waals surface area contributed by atoms with Gasteiger partial charge in [0.25, 0.3) is 0 Å². The largest absolute Gasteiger partial charge is 0.489 e. The molecule has 0 radical (unpaired) electrons. The van der Waals surface area contributed by atoms with Crippen LogP contribution in [0.4, 0.5) is 5.69 Å². The zero-order chi connectivity index (χ0) is 30.7. The summed E-state index contributed by atoms with van der Waals surface area (Å²) in [6, 6.07) is 25.6. The van der Waals surface area contributed by atoms with E-state index in [2.05, 4.69) is 5.32 Å². The maximum Gasteiger partial charge on any atom is 0.244 e. The molecule has 2 amide bonds. The maximum atomic E-state index is 13.9. The predicted molar refractivity (Wildman–Crippen MR) is 170 cm³/mol. The van der Waals surface area contributed by atoms with Gasteiger partial charge in [-0.2, -0.15) is 0 Å². The van der Waals surface area contributed by atoms with Crippen molar-refractivity contribution >= 4 is 27.5 Å². The Hall–Kier alpha value is -3.85. The number of rotatable bonds is 14. The Labute approximate surface area is 256 Å².